The lowest BCUT2D eigenvalue weighted by Crippen LogP contribution is -2.55. The van der Waals surface area contributed by atoms with Crippen molar-refractivity contribution in [2.45, 2.75) is 44.3 Å². The molecule has 0 N–H and O–H groups in total. The fourth-order valence-corrected chi connectivity index (χ4v) is 2.77. The number of likely N-dealkylation sites (tertiary alicyclic amines) is 1. The number of fused-ring (bicyclic) bond motifs is 1. The molecule has 0 aromatic heterocycles. The molecule has 2 saturated heterocycles. The number of nitrogens with zero attached hydrogens (tertiary/aromatic N) is 1. The monoisotopic (exact) mass is 297 g/mol. The molecule has 0 bridgehead atoms. The van der Waals surface area contributed by atoms with Gasteiger partial charge in [0, 0.05) is 19.8 Å². The topological polar surface area (TPSA) is 57.2 Å². The predicted octanol–water partition coefficient (Wildman–Crippen LogP) is 1.70. The van der Waals surface area contributed by atoms with E-state index in [0.29, 0.717) is 6.54 Å². The van der Waals surface area contributed by atoms with Gasteiger partial charge in [-0.05, 0) is 20.8 Å². The van der Waals surface area contributed by atoms with Gasteiger partial charge < -0.3 is 18.9 Å². The summed E-state index contributed by atoms with van der Waals surface area (Å²) in [6, 6.07) is -0.411. The first kappa shape index (κ1) is 16.0. The van der Waals surface area contributed by atoms with Gasteiger partial charge in [-0.15, -0.1) is 5.73 Å². The first-order valence-corrected chi connectivity index (χ1v) is 6.88. The molecule has 0 aromatic rings. The Labute approximate surface area is 125 Å². The van der Waals surface area contributed by atoms with Gasteiger partial charge in [0.05, 0.1) is 6.54 Å². The molecule has 1 amide bonds. The lowest BCUT2D eigenvalue weighted by molar-refractivity contribution is -0.224. The summed E-state index contributed by atoms with van der Waals surface area (Å²) in [6.45, 7) is 9.74. The molecule has 0 unspecified atom stereocenters. The summed E-state index contributed by atoms with van der Waals surface area (Å²) in [7, 11) is 3.08. The number of hydrogen-bond acceptors (Lipinski definition) is 5. The Morgan fingerprint density at radius 1 is 1.43 bits per heavy atom. The highest BCUT2D eigenvalue weighted by Crippen LogP contribution is 2.41. The van der Waals surface area contributed by atoms with E-state index in [9.17, 15) is 4.79 Å². The SMILES string of the molecule is C=C=C1CN(C(=O)OC(C)(C)C)[C@H]2[C@@H]1OCC2(OC)OC. The fraction of sp³-hybridized carbons (Fsp3) is 0.733. The standard InChI is InChI=1S/C15H23NO5/c1-7-10-8-16(13(17)21-14(2,3)4)12-11(10)20-9-15(12,18-5)19-6/h11-12H,1,8-9H2,2-6H3/t11-,12+/m1/s1. The van der Waals surface area contributed by atoms with Crippen LogP contribution in [0.25, 0.3) is 0 Å². The van der Waals surface area contributed by atoms with E-state index in [1.807, 2.05) is 20.8 Å². The molecule has 2 aliphatic heterocycles. The molecule has 118 valence electrons. The van der Waals surface area contributed by atoms with Gasteiger partial charge in [0.25, 0.3) is 0 Å². The van der Waals surface area contributed by atoms with E-state index in [-0.39, 0.29) is 12.7 Å². The molecule has 2 aliphatic rings. The van der Waals surface area contributed by atoms with Crippen LogP contribution in [-0.2, 0) is 18.9 Å². The van der Waals surface area contributed by atoms with Crippen LogP contribution in [0, 0.1) is 0 Å². The molecule has 21 heavy (non-hydrogen) atoms. The number of ether oxygens (including phenoxy) is 4. The highest BCUT2D eigenvalue weighted by molar-refractivity contribution is 5.70. The summed E-state index contributed by atoms with van der Waals surface area (Å²) in [4.78, 5) is 14.0. The largest absolute Gasteiger partial charge is 0.444 e. The average Bonchev–Trinajstić information content (AvgIpc) is 2.94. The number of amides is 1. The minimum Gasteiger partial charge on any atom is -0.444 e. The molecule has 2 rings (SSSR count). The Balaban J connectivity index is 2.33. The number of carbonyl (C=O) groups is 1. The van der Waals surface area contributed by atoms with E-state index in [0.717, 1.165) is 5.57 Å². The molecule has 0 aromatic carbocycles. The molecule has 0 spiro atoms. The molecule has 0 saturated carbocycles. The molecular weight excluding hydrogens is 274 g/mol. The van der Waals surface area contributed by atoms with E-state index in [2.05, 4.69) is 12.3 Å². The second-order valence-corrected chi connectivity index (χ2v) is 6.21. The van der Waals surface area contributed by atoms with Gasteiger partial charge >= 0.3 is 6.09 Å². The van der Waals surface area contributed by atoms with Gasteiger partial charge in [-0.25, -0.2) is 4.79 Å². The Kier molecular flexibility index (Phi) is 4.17. The molecule has 6 nitrogen and oxygen atoms in total. The minimum atomic E-state index is -1.000. The van der Waals surface area contributed by atoms with Crippen molar-refractivity contribution in [3.8, 4) is 0 Å². The first-order chi connectivity index (χ1) is 9.78. The van der Waals surface area contributed by atoms with Crippen molar-refractivity contribution in [3.63, 3.8) is 0 Å². The van der Waals surface area contributed by atoms with Crippen LogP contribution in [0.4, 0.5) is 4.79 Å². The Morgan fingerprint density at radius 2 is 2.05 bits per heavy atom. The van der Waals surface area contributed by atoms with Crippen LogP contribution in [0.3, 0.4) is 0 Å². The summed E-state index contributed by atoms with van der Waals surface area (Å²) in [5, 5.41) is 0. The van der Waals surface area contributed by atoms with E-state index in [1.54, 1.807) is 4.90 Å². The van der Waals surface area contributed by atoms with Crippen LogP contribution in [0.5, 0.6) is 0 Å². The van der Waals surface area contributed by atoms with Crippen molar-refractivity contribution < 1.29 is 23.7 Å². The van der Waals surface area contributed by atoms with E-state index >= 15 is 0 Å². The zero-order valence-electron chi connectivity index (χ0n) is 13.3. The predicted molar refractivity (Wildman–Crippen MR) is 75.9 cm³/mol. The summed E-state index contributed by atoms with van der Waals surface area (Å²) in [6.07, 6.45) is -0.748. The van der Waals surface area contributed by atoms with Crippen molar-refractivity contribution in [2.75, 3.05) is 27.4 Å². The third kappa shape index (κ3) is 2.72. The summed E-state index contributed by atoms with van der Waals surface area (Å²) >= 11 is 0. The lowest BCUT2D eigenvalue weighted by Gasteiger charge is -2.36. The number of methoxy groups -OCH3 is 2. The normalized spacial score (nSPS) is 27.5. The molecule has 6 heteroatoms. The van der Waals surface area contributed by atoms with Crippen LogP contribution in [-0.4, -0.2) is 61.9 Å². The zero-order chi connectivity index (χ0) is 15.8. The van der Waals surface area contributed by atoms with Gasteiger partial charge in [0.2, 0.25) is 5.79 Å². The minimum absolute atomic E-state index is 0.236. The second-order valence-electron chi connectivity index (χ2n) is 6.21. The van der Waals surface area contributed by atoms with Gasteiger partial charge in [-0.3, -0.25) is 4.90 Å². The highest BCUT2D eigenvalue weighted by Gasteiger charge is 2.60. The van der Waals surface area contributed by atoms with E-state index in [1.165, 1.54) is 14.2 Å². The van der Waals surface area contributed by atoms with Crippen LogP contribution >= 0.6 is 0 Å². The molecular formula is C15H23NO5. The summed E-state index contributed by atoms with van der Waals surface area (Å²) < 4.78 is 22.2. The summed E-state index contributed by atoms with van der Waals surface area (Å²) in [5.74, 6) is -1.000. The van der Waals surface area contributed by atoms with Crippen molar-refractivity contribution in [3.05, 3.63) is 17.9 Å². The smallest absolute Gasteiger partial charge is 0.411 e. The molecule has 0 aliphatic carbocycles. The maximum atomic E-state index is 12.5. The average molecular weight is 297 g/mol. The molecule has 2 fully saturated rings. The Hall–Kier alpha value is -1.33. The highest BCUT2D eigenvalue weighted by atomic mass is 16.7. The Bertz CT molecular complexity index is 471. The third-order valence-corrected chi connectivity index (χ3v) is 3.77. The maximum absolute atomic E-state index is 12.5. The second kappa shape index (κ2) is 5.46. The van der Waals surface area contributed by atoms with E-state index in [4.69, 9.17) is 18.9 Å². The third-order valence-electron chi connectivity index (χ3n) is 3.77. The van der Waals surface area contributed by atoms with Crippen molar-refractivity contribution >= 4 is 6.09 Å². The van der Waals surface area contributed by atoms with Crippen molar-refractivity contribution in [1.82, 2.24) is 4.90 Å². The van der Waals surface area contributed by atoms with Gasteiger partial charge in [0.15, 0.2) is 0 Å². The quantitative estimate of drug-likeness (QED) is 0.573. The van der Waals surface area contributed by atoms with Crippen molar-refractivity contribution in [2.24, 2.45) is 0 Å². The van der Waals surface area contributed by atoms with Gasteiger partial charge in [-0.1, -0.05) is 6.58 Å². The zero-order valence-corrected chi connectivity index (χ0v) is 13.3. The number of hydrogen-bond donors (Lipinski definition) is 0. The number of rotatable bonds is 2. The number of carbonyl (C=O) groups excluding carboxylic acids is 1. The molecule has 2 atom stereocenters. The van der Waals surface area contributed by atoms with Crippen molar-refractivity contribution in [1.29, 1.82) is 0 Å². The van der Waals surface area contributed by atoms with Gasteiger partial charge in [0.1, 0.15) is 24.4 Å². The van der Waals surface area contributed by atoms with Gasteiger partial charge in [-0.2, -0.15) is 0 Å². The first-order valence-electron chi connectivity index (χ1n) is 6.88. The molecule has 2 heterocycles. The summed E-state index contributed by atoms with van der Waals surface area (Å²) in [5.41, 5.74) is 3.08. The van der Waals surface area contributed by atoms with Crippen LogP contribution in [0.1, 0.15) is 20.8 Å². The van der Waals surface area contributed by atoms with Crippen LogP contribution in [0.15, 0.2) is 17.9 Å². The lowest BCUT2D eigenvalue weighted by atomic mass is 10.0. The van der Waals surface area contributed by atoms with E-state index < -0.39 is 23.5 Å². The Morgan fingerprint density at radius 3 is 2.52 bits per heavy atom. The fourth-order valence-electron chi connectivity index (χ4n) is 2.77. The maximum Gasteiger partial charge on any atom is 0.411 e. The molecule has 0 radical (unpaired) electrons. The van der Waals surface area contributed by atoms with Crippen LogP contribution < -0.4 is 0 Å². The van der Waals surface area contributed by atoms with Crippen LogP contribution in [0.2, 0.25) is 0 Å².